The molecular weight excluding hydrogens is 645 g/mol. The van der Waals surface area contributed by atoms with E-state index in [1.54, 1.807) is 5.38 Å². The number of hydrogen-bond acceptors (Lipinski definition) is 10. The van der Waals surface area contributed by atoms with E-state index in [-0.39, 0.29) is 46.7 Å². The van der Waals surface area contributed by atoms with Crippen LogP contribution in [0, 0.1) is 5.92 Å². The minimum absolute atomic E-state index is 0.0411. The van der Waals surface area contributed by atoms with E-state index in [4.69, 9.17) is 4.42 Å². The van der Waals surface area contributed by atoms with Crippen molar-refractivity contribution in [2.45, 2.75) is 37.2 Å². The lowest BCUT2D eigenvalue weighted by Crippen LogP contribution is -2.45. The molecule has 0 fully saturated rings. The lowest BCUT2D eigenvalue weighted by molar-refractivity contribution is -0.122. The van der Waals surface area contributed by atoms with Crippen molar-refractivity contribution in [2.24, 2.45) is 5.92 Å². The zero-order valence-corrected chi connectivity index (χ0v) is 27.6. The van der Waals surface area contributed by atoms with Gasteiger partial charge in [0.1, 0.15) is 23.0 Å². The molecule has 0 saturated carbocycles. The molecule has 4 bridgehead atoms. The molecule has 0 radical (unpaired) electrons. The smallest absolute Gasteiger partial charge is 0.273 e. The van der Waals surface area contributed by atoms with Gasteiger partial charge in [-0.05, 0) is 29.7 Å². The Morgan fingerprint density at radius 1 is 1.02 bits per heavy atom. The number of thiazole rings is 1. The minimum atomic E-state index is -3.60. The third-order valence-corrected chi connectivity index (χ3v) is 9.48. The summed E-state index contributed by atoms with van der Waals surface area (Å²) in [6.45, 7) is 3.26. The summed E-state index contributed by atoms with van der Waals surface area (Å²) in [5.41, 5.74) is 1.06. The molecule has 1 aliphatic rings. The molecule has 4 amide bonds. The molecule has 4 aromatic rings. The normalized spacial score (nSPS) is 18.1. The summed E-state index contributed by atoms with van der Waals surface area (Å²) < 4.78 is 29.9. The van der Waals surface area contributed by atoms with E-state index >= 15 is 0 Å². The molecule has 2 aromatic heterocycles. The number of amides is 4. The molecule has 2 atom stereocenters. The van der Waals surface area contributed by atoms with Crippen molar-refractivity contribution in [3.05, 3.63) is 99.7 Å². The summed E-state index contributed by atoms with van der Waals surface area (Å²) in [6, 6.07) is 13.7. The van der Waals surface area contributed by atoms with Crippen molar-refractivity contribution in [1.29, 1.82) is 0 Å². The number of carbonyl (C=O) groups is 4. The molecule has 246 valence electrons. The zero-order valence-electron chi connectivity index (χ0n) is 25.9. The highest BCUT2D eigenvalue weighted by atomic mass is 32.2. The summed E-state index contributed by atoms with van der Waals surface area (Å²) in [7, 11) is -3.60. The van der Waals surface area contributed by atoms with Gasteiger partial charge in [0.15, 0.2) is 15.5 Å². The van der Waals surface area contributed by atoms with Crippen molar-refractivity contribution < 1.29 is 32.0 Å². The Morgan fingerprint density at radius 2 is 1.79 bits per heavy atom. The molecule has 0 unspecified atom stereocenters. The summed E-state index contributed by atoms with van der Waals surface area (Å²) in [4.78, 5) is 63.6. The van der Waals surface area contributed by atoms with Crippen LogP contribution in [0.2, 0.25) is 0 Å². The molecule has 3 heterocycles. The van der Waals surface area contributed by atoms with E-state index in [2.05, 4.69) is 25.9 Å². The van der Waals surface area contributed by atoms with E-state index in [0.29, 0.717) is 11.4 Å². The maximum Gasteiger partial charge on any atom is 0.273 e. The fraction of sp³-hybridized carbons (Fsp3) is 0.312. The Morgan fingerprint density at radius 3 is 2.51 bits per heavy atom. The van der Waals surface area contributed by atoms with Crippen LogP contribution in [0.4, 0.5) is 0 Å². The fourth-order valence-corrected chi connectivity index (χ4v) is 6.65. The third-order valence-electron chi connectivity index (χ3n) is 7.44. The predicted molar refractivity (Wildman–Crippen MR) is 172 cm³/mol. The predicted octanol–water partition coefficient (Wildman–Crippen LogP) is 2.95. The Balaban J connectivity index is 1.48. The van der Waals surface area contributed by atoms with Crippen molar-refractivity contribution >= 4 is 44.8 Å². The van der Waals surface area contributed by atoms with Crippen LogP contribution in [-0.2, 0) is 21.1 Å². The second-order valence-corrected chi connectivity index (χ2v) is 14.3. The zero-order chi connectivity index (χ0) is 33.7. The van der Waals surface area contributed by atoms with E-state index in [1.165, 1.54) is 46.8 Å². The monoisotopic (exact) mass is 678 g/mol. The maximum atomic E-state index is 13.6. The molecule has 13 nitrogen and oxygen atoms in total. The number of oxazole rings is 1. The molecule has 0 spiro atoms. The van der Waals surface area contributed by atoms with Crippen molar-refractivity contribution in [3.8, 4) is 0 Å². The number of sulfone groups is 1. The highest BCUT2D eigenvalue weighted by Gasteiger charge is 2.28. The molecule has 2 aromatic carbocycles. The number of benzene rings is 2. The van der Waals surface area contributed by atoms with E-state index < -0.39 is 52.1 Å². The largest absolute Gasteiger partial charge is 0.446 e. The van der Waals surface area contributed by atoms with Crippen LogP contribution in [0.15, 0.2) is 75.6 Å². The highest BCUT2D eigenvalue weighted by Crippen LogP contribution is 2.26. The van der Waals surface area contributed by atoms with Crippen molar-refractivity contribution in [1.82, 2.24) is 30.8 Å². The topological polar surface area (TPSA) is 181 Å². The van der Waals surface area contributed by atoms with Gasteiger partial charge in [0.2, 0.25) is 11.8 Å². The van der Waals surface area contributed by atoms with Crippen LogP contribution in [0.3, 0.4) is 0 Å². The van der Waals surface area contributed by atoms with E-state index in [0.717, 1.165) is 11.8 Å². The van der Waals surface area contributed by atoms with Crippen molar-refractivity contribution in [3.63, 3.8) is 0 Å². The highest BCUT2D eigenvalue weighted by molar-refractivity contribution is 7.90. The van der Waals surface area contributed by atoms with Gasteiger partial charge < -0.3 is 25.3 Å². The van der Waals surface area contributed by atoms with Gasteiger partial charge in [-0.3, -0.25) is 19.2 Å². The summed E-state index contributed by atoms with van der Waals surface area (Å²) in [5.74, 6) is -2.19. The van der Waals surface area contributed by atoms with Gasteiger partial charge in [-0.1, -0.05) is 50.2 Å². The van der Waals surface area contributed by atoms with E-state index in [1.807, 2.05) is 44.2 Å². The summed E-state index contributed by atoms with van der Waals surface area (Å²) in [6.07, 6.45) is 2.55. The van der Waals surface area contributed by atoms with Crippen LogP contribution in [0.5, 0.6) is 0 Å². The lowest BCUT2D eigenvalue weighted by atomic mass is 10.0. The molecule has 0 saturated heterocycles. The first-order valence-corrected chi connectivity index (χ1v) is 17.6. The fourth-order valence-electron chi connectivity index (χ4n) is 4.96. The number of fused-ring (bicyclic) bond motifs is 4. The first-order valence-electron chi connectivity index (χ1n) is 14.8. The Labute approximate surface area is 275 Å². The average molecular weight is 679 g/mol. The van der Waals surface area contributed by atoms with Gasteiger partial charge in [0.25, 0.3) is 17.7 Å². The van der Waals surface area contributed by atoms with E-state index in [9.17, 15) is 27.6 Å². The Kier molecular flexibility index (Phi) is 10.2. The van der Waals surface area contributed by atoms with Crippen LogP contribution in [-0.4, -0.2) is 72.8 Å². The molecule has 15 heteroatoms. The van der Waals surface area contributed by atoms with Gasteiger partial charge in [-0.2, -0.15) is 0 Å². The minimum Gasteiger partial charge on any atom is -0.446 e. The third kappa shape index (κ3) is 8.29. The number of nitrogens with one attached hydrogen (secondary N) is 3. The molecular formula is C32H34N6O7S2. The number of hydrogen-bond donors (Lipinski definition) is 3. The number of rotatable bonds is 5. The molecule has 1 aliphatic heterocycles. The van der Waals surface area contributed by atoms with Crippen LogP contribution in [0.25, 0.3) is 0 Å². The second kappa shape index (κ2) is 14.3. The van der Waals surface area contributed by atoms with Gasteiger partial charge in [0.05, 0.1) is 17.5 Å². The van der Waals surface area contributed by atoms with Gasteiger partial charge in [0, 0.05) is 36.7 Å². The van der Waals surface area contributed by atoms with Crippen LogP contribution in [0.1, 0.15) is 73.7 Å². The Hall–Kier alpha value is -4.89. The number of aromatic nitrogens is 2. The maximum absolute atomic E-state index is 13.6. The van der Waals surface area contributed by atoms with Crippen molar-refractivity contribution in [2.75, 3.05) is 25.9 Å². The first kappa shape index (κ1) is 33.5. The summed E-state index contributed by atoms with van der Waals surface area (Å²) in [5, 5.41) is 10.6. The van der Waals surface area contributed by atoms with Gasteiger partial charge in [-0.25, -0.2) is 18.4 Å². The Bertz CT molecular complexity index is 1890. The number of carbonyl (C=O) groups excluding carboxylic acids is 4. The molecule has 47 heavy (non-hydrogen) atoms. The molecule has 3 N–H and O–H groups in total. The summed E-state index contributed by atoms with van der Waals surface area (Å²) >= 11 is 1.22. The lowest BCUT2D eigenvalue weighted by Gasteiger charge is -2.25. The SMILES string of the molecule is CC(C)[C@@H]1NC(=O)CN(C(=O)c2cccc(S(C)(=O)=O)c2)CCNC(=O)c2coc(n2)[C@H](Cc2ccccc2)NC(=O)c2csc1n2. The van der Waals surface area contributed by atoms with Gasteiger partial charge in [-0.15, -0.1) is 11.3 Å². The van der Waals surface area contributed by atoms with Gasteiger partial charge >= 0.3 is 0 Å². The number of nitrogens with zero attached hydrogens (tertiary/aromatic N) is 3. The second-order valence-electron chi connectivity index (χ2n) is 11.4. The first-order chi connectivity index (χ1) is 22.4. The van der Waals surface area contributed by atoms with Crippen LogP contribution >= 0.6 is 11.3 Å². The molecule has 5 rings (SSSR count). The van der Waals surface area contributed by atoms with Crippen LogP contribution < -0.4 is 16.0 Å². The standard InChI is InChI=1S/C32H34N6O7S2/c1-19(2)27-31-36-25(18-46-31)29(41)34-23(14-20-8-5-4-6-9-20)30-35-24(17-45-30)28(40)33-12-13-38(16-26(39)37-27)32(42)21-10-7-11-22(15-21)47(3,43)44/h4-11,15,17-19,23,27H,12-14,16H2,1-3H3,(H,33,40)(H,34,41)(H,37,39)/t23-,27-/m0/s1. The molecule has 0 aliphatic carbocycles. The quantitative estimate of drug-likeness (QED) is 0.286. The average Bonchev–Trinajstić information content (AvgIpc) is 3.73.